The molecule has 0 unspecified atom stereocenters. The fourth-order valence-electron chi connectivity index (χ4n) is 2.10. The molecule has 1 heterocycles. The maximum absolute atomic E-state index is 12.2. The number of rotatable bonds is 3. The monoisotopic (exact) mass is 275 g/mol. The van der Waals surface area contributed by atoms with E-state index in [0.717, 1.165) is 11.3 Å². The van der Waals surface area contributed by atoms with E-state index in [4.69, 9.17) is 11.6 Å². The summed E-state index contributed by atoms with van der Waals surface area (Å²) in [6.45, 7) is 1.86. The second-order valence-electron chi connectivity index (χ2n) is 4.87. The van der Waals surface area contributed by atoms with Gasteiger partial charge in [-0.25, -0.2) is 0 Å². The molecule has 1 fully saturated rings. The highest BCUT2D eigenvalue weighted by Gasteiger charge is 2.26. The minimum atomic E-state index is -0.225. The van der Waals surface area contributed by atoms with Crippen LogP contribution in [0.3, 0.4) is 0 Å². The van der Waals surface area contributed by atoms with Crippen LogP contribution >= 0.6 is 11.6 Å². The summed E-state index contributed by atoms with van der Waals surface area (Å²) in [5.41, 5.74) is 2.44. The van der Waals surface area contributed by atoms with Crippen molar-refractivity contribution in [3.05, 3.63) is 46.1 Å². The van der Waals surface area contributed by atoms with Crippen molar-refractivity contribution in [2.24, 2.45) is 0 Å². The largest absolute Gasteiger partial charge is 0.305 e. The summed E-state index contributed by atoms with van der Waals surface area (Å²) in [5, 5.41) is 10.3. The molecule has 2 N–H and O–H groups in total. The van der Waals surface area contributed by atoms with Crippen LogP contribution in [0.1, 0.15) is 40.4 Å². The summed E-state index contributed by atoms with van der Waals surface area (Å²) in [4.78, 5) is 12.2. The van der Waals surface area contributed by atoms with E-state index in [2.05, 4.69) is 15.5 Å². The molecule has 4 nitrogen and oxygen atoms in total. The van der Waals surface area contributed by atoms with Crippen molar-refractivity contribution in [1.82, 2.24) is 10.2 Å². The van der Waals surface area contributed by atoms with Gasteiger partial charge in [0, 0.05) is 17.7 Å². The molecule has 1 aromatic carbocycles. The number of carbonyl (C=O) groups is 1. The number of H-pyrrole nitrogens is 1. The zero-order chi connectivity index (χ0) is 13.4. The Kier molecular flexibility index (Phi) is 3.03. The highest BCUT2D eigenvalue weighted by Crippen LogP contribution is 2.39. The van der Waals surface area contributed by atoms with Gasteiger partial charge in [0.15, 0.2) is 5.82 Å². The summed E-state index contributed by atoms with van der Waals surface area (Å²) < 4.78 is 0. The van der Waals surface area contributed by atoms with Crippen LogP contribution in [0.2, 0.25) is 5.02 Å². The highest BCUT2D eigenvalue weighted by molar-refractivity contribution is 6.34. The molecule has 1 aromatic heterocycles. The third-order valence-corrected chi connectivity index (χ3v) is 3.62. The van der Waals surface area contributed by atoms with E-state index >= 15 is 0 Å². The van der Waals surface area contributed by atoms with Gasteiger partial charge in [0.05, 0.1) is 10.6 Å². The van der Waals surface area contributed by atoms with Gasteiger partial charge in [-0.3, -0.25) is 9.89 Å². The Morgan fingerprint density at radius 1 is 1.47 bits per heavy atom. The lowest BCUT2D eigenvalue weighted by atomic mass is 10.1. The summed E-state index contributed by atoms with van der Waals surface area (Å²) in [5.74, 6) is 0.906. The van der Waals surface area contributed by atoms with E-state index in [0.29, 0.717) is 22.3 Å². The van der Waals surface area contributed by atoms with Crippen LogP contribution in [0.4, 0.5) is 5.82 Å². The molecule has 3 rings (SSSR count). The van der Waals surface area contributed by atoms with E-state index in [1.165, 1.54) is 12.8 Å². The molecule has 1 amide bonds. The Bertz CT molecular complexity index is 611. The Balaban J connectivity index is 1.80. The Hall–Kier alpha value is -1.81. The third-order valence-electron chi connectivity index (χ3n) is 3.31. The van der Waals surface area contributed by atoms with Crippen molar-refractivity contribution in [3.8, 4) is 0 Å². The lowest BCUT2D eigenvalue weighted by Gasteiger charge is -2.07. The van der Waals surface area contributed by atoms with E-state index in [1.807, 2.05) is 25.1 Å². The fourth-order valence-corrected chi connectivity index (χ4v) is 2.41. The molecule has 2 aromatic rings. The van der Waals surface area contributed by atoms with Crippen LogP contribution < -0.4 is 5.32 Å². The number of halogens is 1. The van der Waals surface area contributed by atoms with E-state index in [1.54, 1.807) is 6.07 Å². The molecule has 0 bridgehead atoms. The zero-order valence-corrected chi connectivity index (χ0v) is 11.3. The standard InChI is InChI=1S/C14H14ClN3O/c1-8-3-2-4-10(15)13(8)14(19)16-12-7-11(17-18-12)9-5-6-9/h2-4,7,9H,5-6H2,1H3,(H2,16,17,18,19). The highest BCUT2D eigenvalue weighted by atomic mass is 35.5. The molecular weight excluding hydrogens is 262 g/mol. The van der Waals surface area contributed by atoms with Crippen molar-refractivity contribution in [3.63, 3.8) is 0 Å². The molecule has 5 heteroatoms. The Morgan fingerprint density at radius 3 is 2.95 bits per heavy atom. The number of amides is 1. The second-order valence-corrected chi connectivity index (χ2v) is 5.28. The Morgan fingerprint density at radius 2 is 2.26 bits per heavy atom. The van der Waals surface area contributed by atoms with Crippen molar-refractivity contribution < 1.29 is 4.79 Å². The zero-order valence-electron chi connectivity index (χ0n) is 10.5. The van der Waals surface area contributed by atoms with Gasteiger partial charge in [-0.15, -0.1) is 0 Å². The Labute approximate surface area is 116 Å². The van der Waals surface area contributed by atoms with Crippen molar-refractivity contribution in [2.45, 2.75) is 25.7 Å². The van der Waals surface area contributed by atoms with E-state index in [-0.39, 0.29) is 5.91 Å². The number of hydrogen-bond donors (Lipinski definition) is 2. The molecule has 0 radical (unpaired) electrons. The first kappa shape index (κ1) is 12.2. The smallest absolute Gasteiger partial charge is 0.258 e. The molecule has 19 heavy (non-hydrogen) atoms. The molecule has 0 aliphatic heterocycles. The lowest BCUT2D eigenvalue weighted by molar-refractivity contribution is 0.102. The maximum Gasteiger partial charge on any atom is 0.258 e. The van der Waals surface area contributed by atoms with Crippen molar-refractivity contribution in [1.29, 1.82) is 0 Å². The van der Waals surface area contributed by atoms with Gasteiger partial charge in [-0.05, 0) is 31.4 Å². The first-order valence-electron chi connectivity index (χ1n) is 6.27. The van der Waals surface area contributed by atoms with Crippen LogP contribution in [0.15, 0.2) is 24.3 Å². The molecular formula is C14H14ClN3O. The predicted octanol–water partition coefficient (Wildman–Crippen LogP) is 3.50. The van der Waals surface area contributed by atoms with Crippen molar-refractivity contribution in [2.75, 3.05) is 5.32 Å². The summed E-state index contributed by atoms with van der Waals surface area (Å²) in [6.07, 6.45) is 2.39. The average molecular weight is 276 g/mol. The number of aromatic amines is 1. The van der Waals surface area contributed by atoms with Gasteiger partial charge in [0.1, 0.15) is 0 Å². The number of hydrogen-bond acceptors (Lipinski definition) is 2. The third kappa shape index (κ3) is 2.49. The van der Waals surface area contributed by atoms with Gasteiger partial charge in [-0.2, -0.15) is 5.10 Å². The van der Waals surface area contributed by atoms with Crippen LogP contribution in [-0.4, -0.2) is 16.1 Å². The molecule has 0 spiro atoms. The first-order chi connectivity index (χ1) is 9.15. The van der Waals surface area contributed by atoms with Gasteiger partial charge < -0.3 is 5.32 Å². The van der Waals surface area contributed by atoms with Crippen LogP contribution in [0.25, 0.3) is 0 Å². The number of aryl methyl sites for hydroxylation is 1. The average Bonchev–Trinajstić information content (AvgIpc) is 3.10. The minimum absolute atomic E-state index is 0.225. The van der Waals surface area contributed by atoms with Crippen molar-refractivity contribution >= 4 is 23.3 Å². The quantitative estimate of drug-likeness (QED) is 0.901. The minimum Gasteiger partial charge on any atom is -0.305 e. The topological polar surface area (TPSA) is 57.8 Å². The van der Waals surface area contributed by atoms with Crippen LogP contribution in [0, 0.1) is 6.92 Å². The van der Waals surface area contributed by atoms with Crippen LogP contribution in [-0.2, 0) is 0 Å². The van der Waals surface area contributed by atoms with E-state index < -0.39 is 0 Å². The second kappa shape index (κ2) is 4.70. The number of anilines is 1. The molecule has 1 aliphatic carbocycles. The van der Waals surface area contributed by atoms with Gasteiger partial charge in [-0.1, -0.05) is 23.7 Å². The maximum atomic E-state index is 12.2. The SMILES string of the molecule is Cc1cccc(Cl)c1C(=O)Nc1cc(C2CC2)[nH]n1. The molecule has 1 saturated carbocycles. The molecule has 98 valence electrons. The predicted molar refractivity (Wildman–Crippen MR) is 74.7 cm³/mol. The van der Waals surface area contributed by atoms with Gasteiger partial charge >= 0.3 is 0 Å². The number of carbonyl (C=O) groups excluding carboxylic acids is 1. The van der Waals surface area contributed by atoms with Gasteiger partial charge in [0.2, 0.25) is 0 Å². The number of nitrogens with zero attached hydrogens (tertiary/aromatic N) is 1. The number of nitrogens with one attached hydrogen (secondary N) is 2. The lowest BCUT2D eigenvalue weighted by Crippen LogP contribution is -2.14. The summed E-state index contributed by atoms with van der Waals surface area (Å²) in [6, 6.07) is 7.29. The normalized spacial score (nSPS) is 14.4. The number of aromatic nitrogens is 2. The summed E-state index contributed by atoms with van der Waals surface area (Å²) >= 11 is 6.07. The molecule has 1 aliphatic rings. The molecule has 0 atom stereocenters. The number of benzene rings is 1. The van der Waals surface area contributed by atoms with E-state index in [9.17, 15) is 4.79 Å². The van der Waals surface area contributed by atoms with Gasteiger partial charge in [0.25, 0.3) is 5.91 Å². The summed E-state index contributed by atoms with van der Waals surface area (Å²) in [7, 11) is 0. The van der Waals surface area contributed by atoms with Crippen LogP contribution in [0.5, 0.6) is 0 Å². The fraction of sp³-hybridized carbons (Fsp3) is 0.286. The first-order valence-corrected chi connectivity index (χ1v) is 6.64. The molecule has 0 saturated heterocycles.